The van der Waals surface area contributed by atoms with Crippen LogP contribution in [0.4, 0.5) is 0 Å². The Bertz CT molecular complexity index is 1320. The predicted molar refractivity (Wildman–Crippen MR) is 122 cm³/mol. The molecule has 0 aliphatic heterocycles. The van der Waals surface area contributed by atoms with Gasteiger partial charge in [0.1, 0.15) is 5.78 Å². The van der Waals surface area contributed by atoms with Crippen molar-refractivity contribution in [3.8, 4) is 5.82 Å². The van der Waals surface area contributed by atoms with Crippen LogP contribution >= 0.6 is 23.2 Å². The van der Waals surface area contributed by atoms with Crippen LogP contribution in [0.15, 0.2) is 36.9 Å². The highest BCUT2D eigenvalue weighted by molar-refractivity contribution is 6.32. The molecule has 4 aromatic rings. The van der Waals surface area contributed by atoms with Crippen molar-refractivity contribution in [3.05, 3.63) is 63.9 Å². The quantitative estimate of drug-likeness (QED) is 0.376. The van der Waals surface area contributed by atoms with Crippen LogP contribution in [0.5, 0.6) is 0 Å². The van der Waals surface area contributed by atoms with Crippen molar-refractivity contribution in [1.82, 2.24) is 34.6 Å². The number of pyridine rings is 1. The van der Waals surface area contributed by atoms with E-state index < -0.39 is 0 Å². The van der Waals surface area contributed by atoms with E-state index in [1.807, 2.05) is 0 Å². The maximum absolute atomic E-state index is 13.1. The number of aromatic nitrogens is 7. The number of ketones is 1. The molecular formula is C22H21Cl2N7O2. The van der Waals surface area contributed by atoms with Gasteiger partial charge in [-0.3, -0.25) is 4.79 Å². The summed E-state index contributed by atoms with van der Waals surface area (Å²) in [6, 6.07) is 3.44. The summed E-state index contributed by atoms with van der Waals surface area (Å²) in [7, 11) is 1.69. The van der Waals surface area contributed by atoms with Crippen LogP contribution in [0.2, 0.25) is 10.2 Å². The highest BCUT2D eigenvalue weighted by Crippen LogP contribution is 2.45. The molecule has 5 rings (SSSR count). The zero-order valence-corrected chi connectivity index (χ0v) is 19.4. The summed E-state index contributed by atoms with van der Waals surface area (Å²) in [5, 5.41) is 13.3. The molecule has 0 amide bonds. The van der Waals surface area contributed by atoms with Gasteiger partial charge in [0, 0.05) is 49.4 Å². The second-order valence-corrected chi connectivity index (χ2v) is 9.09. The zero-order chi connectivity index (χ0) is 23.0. The lowest BCUT2D eigenvalue weighted by atomic mass is 9.65. The maximum Gasteiger partial charge on any atom is 0.193 e. The number of fused-ring (bicyclic) bond motifs is 1. The fourth-order valence-corrected chi connectivity index (χ4v) is 4.94. The first kappa shape index (κ1) is 21.9. The minimum Gasteiger partial charge on any atom is -0.384 e. The number of rotatable bonds is 8. The average Bonchev–Trinajstić information content (AvgIpc) is 3.40. The molecule has 0 unspecified atom stereocenters. The van der Waals surface area contributed by atoms with E-state index in [0.29, 0.717) is 33.8 Å². The van der Waals surface area contributed by atoms with Crippen molar-refractivity contribution < 1.29 is 9.53 Å². The van der Waals surface area contributed by atoms with Gasteiger partial charge in [-0.05, 0) is 24.5 Å². The Morgan fingerprint density at radius 1 is 1.12 bits per heavy atom. The maximum atomic E-state index is 13.1. The number of Topliss-reactive ketones (excluding diaryl/α,β-unsaturated/α-hetero) is 1. The number of nitrogens with zero attached hydrogens (tertiary/aromatic N) is 7. The fraction of sp³-hybridized carbons (Fsp3) is 0.364. The third-order valence-corrected chi connectivity index (χ3v) is 6.50. The van der Waals surface area contributed by atoms with Crippen LogP contribution in [0, 0.1) is 0 Å². The molecule has 1 fully saturated rings. The summed E-state index contributed by atoms with van der Waals surface area (Å²) < 4.78 is 7.33. The van der Waals surface area contributed by atoms with E-state index in [4.69, 9.17) is 27.9 Å². The normalized spacial score (nSPS) is 15.0. The molecule has 0 N–H and O–H groups in total. The van der Waals surface area contributed by atoms with Crippen LogP contribution in [0.3, 0.4) is 0 Å². The minimum atomic E-state index is -0.204. The summed E-state index contributed by atoms with van der Waals surface area (Å²) in [6.45, 7) is 0.549. The van der Waals surface area contributed by atoms with Crippen LogP contribution in [0.1, 0.15) is 36.1 Å². The first-order chi connectivity index (χ1) is 16.0. The topological polar surface area (TPSA) is 100 Å². The first-order valence-corrected chi connectivity index (χ1v) is 11.3. The molecule has 33 heavy (non-hydrogen) atoms. The Labute approximate surface area is 199 Å². The van der Waals surface area contributed by atoms with Gasteiger partial charge < -0.3 is 4.74 Å². The largest absolute Gasteiger partial charge is 0.384 e. The summed E-state index contributed by atoms with van der Waals surface area (Å²) in [4.78, 5) is 23.2. The Kier molecular flexibility index (Phi) is 5.86. The second kappa shape index (κ2) is 8.81. The highest BCUT2D eigenvalue weighted by atomic mass is 35.5. The molecule has 1 aliphatic rings. The third kappa shape index (κ3) is 4.12. The van der Waals surface area contributed by atoms with E-state index in [1.165, 1.54) is 4.80 Å². The van der Waals surface area contributed by atoms with E-state index in [1.54, 1.807) is 48.5 Å². The van der Waals surface area contributed by atoms with Gasteiger partial charge in [0.25, 0.3) is 0 Å². The third-order valence-electron chi connectivity index (χ3n) is 6.04. The first-order valence-electron chi connectivity index (χ1n) is 10.5. The lowest BCUT2D eigenvalue weighted by molar-refractivity contribution is -0.117. The molecule has 1 saturated carbocycles. The van der Waals surface area contributed by atoms with Crippen molar-refractivity contribution >= 4 is 34.6 Å². The van der Waals surface area contributed by atoms with Gasteiger partial charge in [-0.1, -0.05) is 29.6 Å². The number of methoxy groups -OCH3 is 1. The monoisotopic (exact) mass is 485 g/mol. The number of halogens is 2. The average molecular weight is 486 g/mol. The van der Waals surface area contributed by atoms with Gasteiger partial charge in [0.05, 0.1) is 29.7 Å². The smallest absolute Gasteiger partial charge is 0.193 e. The number of carbonyl (C=O) groups excluding carboxylic acids is 1. The summed E-state index contributed by atoms with van der Waals surface area (Å²) in [5.74, 6) is 0.433. The standard InChI is InChI=1S/C22H21Cl2N7O2/c1-33-13-22(3-2-4-22)20-15(12-25-19-10-18(24)29-30(19)20)9-16(32)7-14-8-17(23)21(26-11-14)31-27-5-6-28-31/h5-6,8,10-12H,2-4,7,9,13H2,1H3. The molecule has 1 aliphatic carbocycles. The molecule has 0 atom stereocenters. The molecule has 0 saturated heterocycles. The van der Waals surface area contributed by atoms with Crippen LogP contribution in [-0.4, -0.2) is 54.1 Å². The second-order valence-electron chi connectivity index (χ2n) is 8.30. The number of hydrogen-bond donors (Lipinski definition) is 0. The summed E-state index contributed by atoms with van der Waals surface area (Å²) in [5.41, 5.74) is 2.96. The fourth-order valence-electron chi connectivity index (χ4n) is 4.51. The Hall–Kier alpha value is -2.88. The lowest BCUT2D eigenvalue weighted by Crippen LogP contribution is -2.42. The Balaban J connectivity index is 1.43. The lowest BCUT2D eigenvalue weighted by Gasteiger charge is -2.42. The van der Waals surface area contributed by atoms with E-state index in [2.05, 4.69) is 25.3 Å². The van der Waals surface area contributed by atoms with Gasteiger partial charge in [-0.15, -0.1) is 4.80 Å². The van der Waals surface area contributed by atoms with E-state index in [0.717, 1.165) is 30.5 Å². The predicted octanol–water partition coefficient (Wildman–Crippen LogP) is 3.43. The summed E-state index contributed by atoms with van der Waals surface area (Å²) >= 11 is 12.5. The van der Waals surface area contributed by atoms with E-state index >= 15 is 0 Å². The number of hydrogen-bond acceptors (Lipinski definition) is 7. The van der Waals surface area contributed by atoms with Crippen molar-refractivity contribution in [2.24, 2.45) is 0 Å². The number of carbonyl (C=O) groups is 1. The van der Waals surface area contributed by atoms with Gasteiger partial charge >= 0.3 is 0 Å². The Morgan fingerprint density at radius 3 is 2.58 bits per heavy atom. The van der Waals surface area contributed by atoms with Crippen molar-refractivity contribution in [2.75, 3.05) is 13.7 Å². The van der Waals surface area contributed by atoms with Gasteiger partial charge in [-0.25, -0.2) is 14.5 Å². The Morgan fingerprint density at radius 2 is 1.91 bits per heavy atom. The summed E-state index contributed by atoms with van der Waals surface area (Å²) in [6.07, 6.45) is 9.88. The number of ether oxygens (including phenoxy) is 1. The molecule has 11 heteroatoms. The van der Waals surface area contributed by atoms with Crippen molar-refractivity contribution in [1.29, 1.82) is 0 Å². The zero-order valence-electron chi connectivity index (χ0n) is 17.9. The van der Waals surface area contributed by atoms with Gasteiger partial charge in [-0.2, -0.15) is 15.3 Å². The molecule has 0 bridgehead atoms. The molecule has 4 heterocycles. The SMILES string of the molecule is COCC1(c2c(CC(=O)Cc3cnc(-n4nccn4)c(Cl)c3)cnc3cc(Cl)nn23)CCC1. The molecule has 0 aromatic carbocycles. The van der Waals surface area contributed by atoms with Crippen LogP contribution in [-0.2, 0) is 27.8 Å². The van der Waals surface area contributed by atoms with Crippen LogP contribution < -0.4 is 0 Å². The molecule has 9 nitrogen and oxygen atoms in total. The van der Waals surface area contributed by atoms with Crippen LogP contribution in [0.25, 0.3) is 11.5 Å². The van der Waals surface area contributed by atoms with E-state index in [-0.39, 0.29) is 24.0 Å². The van der Waals surface area contributed by atoms with Gasteiger partial charge in [0.2, 0.25) is 0 Å². The molecule has 4 aromatic heterocycles. The molecule has 170 valence electrons. The van der Waals surface area contributed by atoms with Crippen molar-refractivity contribution in [2.45, 2.75) is 37.5 Å². The van der Waals surface area contributed by atoms with Gasteiger partial charge in [0.15, 0.2) is 16.6 Å². The minimum absolute atomic E-state index is 0.0189. The molecular weight excluding hydrogens is 465 g/mol. The molecule has 0 spiro atoms. The highest BCUT2D eigenvalue weighted by Gasteiger charge is 2.43. The van der Waals surface area contributed by atoms with Crippen molar-refractivity contribution in [3.63, 3.8) is 0 Å². The van der Waals surface area contributed by atoms with E-state index in [9.17, 15) is 4.79 Å². The molecule has 0 radical (unpaired) electrons.